The molecule has 6 nitrogen and oxygen atoms in total. The van der Waals surface area contributed by atoms with Crippen LogP contribution in [0.4, 0.5) is 0 Å². The molecule has 166 valence electrons. The van der Waals surface area contributed by atoms with Crippen LogP contribution >= 0.6 is 11.6 Å². The fourth-order valence-electron chi connectivity index (χ4n) is 4.07. The quantitative estimate of drug-likeness (QED) is 0.519. The topological polar surface area (TPSA) is 69.3 Å². The van der Waals surface area contributed by atoms with Crippen molar-refractivity contribution in [3.05, 3.63) is 47.5 Å². The summed E-state index contributed by atoms with van der Waals surface area (Å²) < 4.78 is 27.9. The summed E-state index contributed by atoms with van der Waals surface area (Å²) in [5.41, 5.74) is 1.20. The van der Waals surface area contributed by atoms with Crippen molar-refractivity contribution in [3.63, 3.8) is 0 Å². The van der Waals surface area contributed by atoms with Gasteiger partial charge in [0.15, 0.2) is 0 Å². The molecule has 0 bridgehead atoms. The third-order valence-electron chi connectivity index (χ3n) is 5.82. The van der Waals surface area contributed by atoms with E-state index in [-0.39, 0.29) is 0 Å². The number of sulfonamides is 1. The van der Waals surface area contributed by atoms with E-state index in [2.05, 4.69) is 14.9 Å². The molecule has 3 rings (SSSR count). The molecule has 1 aliphatic heterocycles. The van der Waals surface area contributed by atoms with E-state index in [1.807, 2.05) is 13.1 Å². The SMILES string of the molecule is CCCN(CC1CCN(CCCCc2cnc[nH]2)CC1)S(=O)(=O)c1ccc(Cl)cc1. The molecule has 0 spiro atoms. The maximum absolute atomic E-state index is 13.1. The Hall–Kier alpha value is -1.41. The van der Waals surface area contributed by atoms with E-state index in [1.165, 1.54) is 12.1 Å². The molecule has 1 saturated heterocycles. The van der Waals surface area contributed by atoms with Gasteiger partial charge in [0.25, 0.3) is 0 Å². The molecule has 8 heteroatoms. The highest BCUT2D eigenvalue weighted by molar-refractivity contribution is 7.89. The van der Waals surface area contributed by atoms with Crippen LogP contribution in [0, 0.1) is 5.92 Å². The lowest BCUT2D eigenvalue weighted by Crippen LogP contribution is -2.41. The Balaban J connectivity index is 1.46. The number of imidazole rings is 1. The van der Waals surface area contributed by atoms with Crippen LogP contribution in [0.25, 0.3) is 0 Å². The minimum absolute atomic E-state index is 0.329. The summed E-state index contributed by atoms with van der Waals surface area (Å²) >= 11 is 5.93. The Morgan fingerprint density at radius 2 is 1.93 bits per heavy atom. The first-order chi connectivity index (χ1) is 14.5. The van der Waals surface area contributed by atoms with Crippen LogP contribution < -0.4 is 0 Å². The van der Waals surface area contributed by atoms with E-state index in [1.54, 1.807) is 34.9 Å². The highest BCUT2D eigenvalue weighted by atomic mass is 35.5. The molecule has 30 heavy (non-hydrogen) atoms. The normalized spacial score (nSPS) is 16.4. The second-order valence-corrected chi connectivity index (χ2v) is 10.5. The predicted molar refractivity (Wildman–Crippen MR) is 121 cm³/mol. The Morgan fingerprint density at radius 3 is 2.57 bits per heavy atom. The van der Waals surface area contributed by atoms with Gasteiger partial charge in [0, 0.05) is 30.0 Å². The van der Waals surface area contributed by atoms with Gasteiger partial charge in [0.1, 0.15) is 0 Å². The first-order valence-electron chi connectivity index (χ1n) is 10.9. The number of benzene rings is 1. The largest absolute Gasteiger partial charge is 0.348 e. The van der Waals surface area contributed by atoms with E-state index in [0.717, 1.165) is 51.7 Å². The molecule has 0 atom stereocenters. The van der Waals surface area contributed by atoms with Gasteiger partial charge in [-0.05, 0) is 88.3 Å². The Kier molecular flexibility index (Phi) is 8.74. The minimum Gasteiger partial charge on any atom is -0.348 e. The monoisotopic (exact) mass is 452 g/mol. The van der Waals surface area contributed by atoms with Gasteiger partial charge < -0.3 is 9.88 Å². The number of likely N-dealkylation sites (tertiary alicyclic amines) is 1. The summed E-state index contributed by atoms with van der Waals surface area (Å²) in [6.45, 7) is 6.40. The van der Waals surface area contributed by atoms with Gasteiger partial charge in [-0.2, -0.15) is 4.31 Å². The van der Waals surface area contributed by atoms with Gasteiger partial charge in [0.05, 0.1) is 11.2 Å². The third-order valence-corrected chi connectivity index (χ3v) is 7.95. The number of rotatable bonds is 11. The fourth-order valence-corrected chi connectivity index (χ4v) is 5.80. The summed E-state index contributed by atoms with van der Waals surface area (Å²) in [7, 11) is -3.48. The maximum atomic E-state index is 13.1. The molecular weight excluding hydrogens is 420 g/mol. The van der Waals surface area contributed by atoms with Crippen LogP contribution in [0.3, 0.4) is 0 Å². The highest BCUT2D eigenvalue weighted by Crippen LogP contribution is 2.24. The van der Waals surface area contributed by atoms with E-state index < -0.39 is 10.0 Å². The number of aryl methyl sites for hydroxylation is 1. The molecule has 0 unspecified atom stereocenters. The first kappa shape index (κ1) is 23.3. The van der Waals surface area contributed by atoms with Crippen molar-refractivity contribution in [1.82, 2.24) is 19.2 Å². The van der Waals surface area contributed by atoms with Crippen LogP contribution in [0.2, 0.25) is 5.02 Å². The van der Waals surface area contributed by atoms with Gasteiger partial charge in [-0.3, -0.25) is 0 Å². The van der Waals surface area contributed by atoms with Gasteiger partial charge in [-0.1, -0.05) is 18.5 Å². The zero-order valence-electron chi connectivity index (χ0n) is 17.8. The number of aromatic amines is 1. The summed E-state index contributed by atoms with van der Waals surface area (Å²) in [5, 5.41) is 0.549. The first-order valence-corrected chi connectivity index (χ1v) is 12.8. The lowest BCUT2D eigenvalue weighted by atomic mass is 9.96. The predicted octanol–water partition coefficient (Wildman–Crippen LogP) is 4.20. The van der Waals surface area contributed by atoms with Crippen LogP contribution in [0.5, 0.6) is 0 Å². The maximum Gasteiger partial charge on any atom is 0.243 e. The highest BCUT2D eigenvalue weighted by Gasteiger charge is 2.28. The Morgan fingerprint density at radius 1 is 1.20 bits per heavy atom. The van der Waals surface area contributed by atoms with Gasteiger partial charge >= 0.3 is 0 Å². The number of hydrogen-bond donors (Lipinski definition) is 1. The fraction of sp³-hybridized carbons (Fsp3) is 0.591. The summed E-state index contributed by atoms with van der Waals surface area (Å²) in [5.74, 6) is 0.417. The summed E-state index contributed by atoms with van der Waals surface area (Å²) in [6.07, 6.45) is 9.92. The van der Waals surface area contributed by atoms with E-state index in [4.69, 9.17) is 11.6 Å². The number of hydrogen-bond acceptors (Lipinski definition) is 4. The third kappa shape index (κ3) is 6.54. The average Bonchev–Trinajstić information content (AvgIpc) is 3.26. The lowest BCUT2D eigenvalue weighted by Gasteiger charge is -2.34. The van der Waals surface area contributed by atoms with Crippen LogP contribution in [-0.4, -0.2) is 60.3 Å². The van der Waals surface area contributed by atoms with Gasteiger partial charge in [0.2, 0.25) is 10.0 Å². The number of nitrogens with zero attached hydrogens (tertiary/aromatic N) is 3. The molecular formula is C22H33ClN4O2S. The van der Waals surface area contributed by atoms with Crippen LogP contribution in [0.1, 0.15) is 44.7 Å². The average molecular weight is 453 g/mol. The van der Waals surface area contributed by atoms with Crippen molar-refractivity contribution in [2.45, 2.75) is 50.3 Å². The summed E-state index contributed by atoms with van der Waals surface area (Å²) in [6, 6.07) is 6.49. The molecule has 1 aromatic carbocycles. The number of halogens is 1. The second-order valence-electron chi connectivity index (χ2n) is 8.14. The van der Waals surface area contributed by atoms with Gasteiger partial charge in [-0.25, -0.2) is 13.4 Å². The number of nitrogens with one attached hydrogen (secondary N) is 1. The molecule has 1 N–H and O–H groups in total. The molecule has 2 heterocycles. The Bertz CT molecular complexity index is 848. The molecule has 1 aliphatic rings. The van der Waals surface area contributed by atoms with Crippen molar-refractivity contribution in [2.24, 2.45) is 5.92 Å². The second kappa shape index (κ2) is 11.3. The Labute approximate surface area is 185 Å². The van der Waals surface area contributed by atoms with Crippen LogP contribution in [0.15, 0.2) is 41.7 Å². The molecule has 0 amide bonds. The van der Waals surface area contributed by atoms with Crippen molar-refractivity contribution in [3.8, 4) is 0 Å². The van der Waals surface area contributed by atoms with Crippen molar-refractivity contribution < 1.29 is 8.42 Å². The molecule has 0 aliphatic carbocycles. The molecule has 2 aromatic rings. The zero-order valence-corrected chi connectivity index (χ0v) is 19.3. The summed E-state index contributed by atoms with van der Waals surface area (Å²) in [4.78, 5) is 10.1. The van der Waals surface area contributed by atoms with Crippen molar-refractivity contribution in [1.29, 1.82) is 0 Å². The molecule has 0 saturated carbocycles. The number of aromatic nitrogens is 2. The number of piperidine rings is 1. The van der Waals surface area contributed by atoms with E-state index in [0.29, 0.717) is 28.9 Å². The van der Waals surface area contributed by atoms with E-state index in [9.17, 15) is 8.42 Å². The van der Waals surface area contributed by atoms with Gasteiger partial charge in [-0.15, -0.1) is 0 Å². The van der Waals surface area contributed by atoms with Crippen molar-refractivity contribution in [2.75, 3.05) is 32.7 Å². The molecule has 0 radical (unpaired) electrons. The van der Waals surface area contributed by atoms with E-state index >= 15 is 0 Å². The number of H-pyrrole nitrogens is 1. The van der Waals surface area contributed by atoms with Crippen molar-refractivity contribution >= 4 is 21.6 Å². The number of unbranched alkanes of at least 4 members (excludes halogenated alkanes) is 1. The minimum atomic E-state index is -3.48. The smallest absolute Gasteiger partial charge is 0.243 e. The van der Waals surface area contributed by atoms with Crippen LogP contribution in [-0.2, 0) is 16.4 Å². The lowest BCUT2D eigenvalue weighted by molar-refractivity contribution is 0.166. The standard InChI is InChI=1S/C22H33ClN4O2S/c1-2-12-27(30(28,29)22-8-6-20(23)7-9-22)17-19-10-14-26(15-11-19)13-4-3-5-21-16-24-18-25-21/h6-9,16,18-19H,2-5,10-15,17H2,1H3,(H,24,25). The zero-order chi connectivity index (χ0) is 21.4. The molecule has 1 fully saturated rings. The molecule has 1 aromatic heterocycles.